The van der Waals surface area contributed by atoms with Crippen LogP contribution in [0.5, 0.6) is 0 Å². The molecule has 0 aromatic rings. The first-order valence-electron chi connectivity index (χ1n) is 6.18. The molecule has 1 fully saturated rings. The number of ether oxygens (including phenoxy) is 1. The topological polar surface area (TPSA) is 49.7 Å². The van der Waals surface area contributed by atoms with Crippen molar-refractivity contribution in [3.8, 4) is 0 Å². The van der Waals surface area contributed by atoms with Crippen molar-refractivity contribution in [3.63, 3.8) is 0 Å². The quantitative estimate of drug-likeness (QED) is 0.637. The molecule has 0 bridgehead atoms. The Hall–Kier alpha value is -0.120. The molecule has 0 spiro atoms. The highest BCUT2D eigenvalue weighted by atomic mass is 16.5. The van der Waals surface area contributed by atoms with Crippen LogP contribution < -0.4 is 0 Å². The van der Waals surface area contributed by atoms with E-state index in [2.05, 4.69) is 6.92 Å². The zero-order chi connectivity index (χ0) is 11.1. The predicted molar refractivity (Wildman–Crippen MR) is 59.7 cm³/mol. The Morgan fingerprint density at radius 3 is 2.80 bits per heavy atom. The Morgan fingerprint density at radius 2 is 2.20 bits per heavy atom. The molecule has 0 aromatic heterocycles. The van der Waals surface area contributed by atoms with Gasteiger partial charge in [0.1, 0.15) is 0 Å². The van der Waals surface area contributed by atoms with Gasteiger partial charge in [-0.1, -0.05) is 19.8 Å². The molecular formula is C12H24O3. The Kier molecular flexibility index (Phi) is 6.22. The maximum atomic E-state index is 9.69. The van der Waals surface area contributed by atoms with E-state index in [9.17, 15) is 10.2 Å². The van der Waals surface area contributed by atoms with Crippen LogP contribution in [0, 0.1) is 5.92 Å². The minimum Gasteiger partial charge on any atom is -0.393 e. The third-order valence-corrected chi connectivity index (χ3v) is 3.15. The van der Waals surface area contributed by atoms with Gasteiger partial charge >= 0.3 is 0 Å². The van der Waals surface area contributed by atoms with Gasteiger partial charge in [-0.15, -0.1) is 0 Å². The summed E-state index contributed by atoms with van der Waals surface area (Å²) in [6.07, 6.45) is 5.30. The molecule has 2 N–H and O–H groups in total. The molecule has 0 heterocycles. The molecule has 1 saturated carbocycles. The summed E-state index contributed by atoms with van der Waals surface area (Å²) in [5.74, 6) is 0.287. The summed E-state index contributed by atoms with van der Waals surface area (Å²) < 4.78 is 5.35. The van der Waals surface area contributed by atoms with Gasteiger partial charge < -0.3 is 14.9 Å². The van der Waals surface area contributed by atoms with E-state index in [0.29, 0.717) is 13.0 Å². The standard InChI is InChI=1S/C12H24O3/c1-2-3-7-15-9-11(13)8-10-5-4-6-12(10)14/h10-14H,2-9H2,1H3. The number of aliphatic hydroxyl groups excluding tert-OH is 2. The summed E-state index contributed by atoms with van der Waals surface area (Å²) in [5.41, 5.74) is 0. The first-order chi connectivity index (χ1) is 7.24. The van der Waals surface area contributed by atoms with Gasteiger partial charge in [0.2, 0.25) is 0 Å². The molecule has 90 valence electrons. The van der Waals surface area contributed by atoms with Crippen molar-refractivity contribution in [2.75, 3.05) is 13.2 Å². The zero-order valence-electron chi connectivity index (χ0n) is 9.69. The van der Waals surface area contributed by atoms with Gasteiger partial charge in [0.15, 0.2) is 0 Å². The number of aliphatic hydroxyl groups is 2. The van der Waals surface area contributed by atoms with Crippen molar-refractivity contribution < 1.29 is 14.9 Å². The van der Waals surface area contributed by atoms with Crippen LogP contribution in [0.15, 0.2) is 0 Å². The molecule has 3 nitrogen and oxygen atoms in total. The first kappa shape index (κ1) is 12.9. The van der Waals surface area contributed by atoms with E-state index in [4.69, 9.17) is 4.74 Å². The van der Waals surface area contributed by atoms with Crippen molar-refractivity contribution in [1.82, 2.24) is 0 Å². The second-order valence-corrected chi connectivity index (χ2v) is 4.58. The highest BCUT2D eigenvalue weighted by molar-refractivity contribution is 4.78. The molecule has 0 amide bonds. The van der Waals surface area contributed by atoms with Crippen molar-refractivity contribution in [1.29, 1.82) is 0 Å². The van der Waals surface area contributed by atoms with Crippen LogP contribution in [0.3, 0.4) is 0 Å². The highest BCUT2D eigenvalue weighted by Gasteiger charge is 2.27. The Balaban J connectivity index is 2.04. The lowest BCUT2D eigenvalue weighted by Crippen LogP contribution is -2.23. The molecule has 1 rings (SSSR count). The van der Waals surface area contributed by atoms with Gasteiger partial charge in [-0.2, -0.15) is 0 Å². The third-order valence-electron chi connectivity index (χ3n) is 3.15. The number of rotatable bonds is 7. The third kappa shape index (κ3) is 4.96. The average Bonchev–Trinajstić information content (AvgIpc) is 2.59. The van der Waals surface area contributed by atoms with Gasteiger partial charge in [-0.25, -0.2) is 0 Å². The monoisotopic (exact) mass is 216 g/mol. The maximum Gasteiger partial charge on any atom is 0.0777 e. The van der Waals surface area contributed by atoms with E-state index in [-0.39, 0.29) is 12.0 Å². The number of hydrogen-bond acceptors (Lipinski definition) is 3. The molecule has 0 aliphatic heterocycles. The van der Waals surface area contributed by atoms with Crippen molar-refractivity contribution in [2.45, 2.75) is 57.7 Å². The molecule has 3 heteroatoms. The molecule has 3 unspecified atom stereocenters. The van der Waals surface area contributed by atoms with Gasteiger partial charge in [0.05, 0.1) is 18.8 Å². The van der Waals surface area contributed by atoms with Crippen LogP contribution in [-0.2, 0) is 4.74 Å². The molecule has 0 aromatic carbocycles. The molecule has 1 aliphatic carbocycles. The number of hydrogen-bond donors (Lipinski definition) is 2. The fourth-order valence-electron chi connectivity index (χ4n) is 2.18. The summed E-state index contributed by atoms with van der Waals surface area (Å²) in [5, 5.41) is 19.3. The molecule has 0 radical (unpaired) electrons. The van der Waals surface area contributed by atoms with E-state index in [0.717, 1.165) is 38.7 Å². The minimum atomic E-state index is -0.403. The summed E-state index contributed by atoms with van der Waals surface area (Å²) in [4.78, 5) is 0. The van der Waals surface area contributed by atoms with Crippen LogP contribution in [0.4, 0.5) is 0 Å². The predicted octanol–water partition coefficient (Wildman–Crippen LogP) is 1.72. The minimum absolute atomic E-state index is 0.199. The summed E-state index contributed by atoms with van der Waals surface area (Å²) in [6, 6.07) is 0. The second kappa shape index (κ2) is 7.20. The van der Waals surface area contributed by atoms with E-state index in [1.54, 1.807) is 0 Å². The van der Waals surface area contributed by atoms with Gasteiger partial charge in [-0.05, 0) is 31.6 Å². The lowest BCUT2D eigenvalue weighted by Gasteiger charge is -2.18. The largest absolute Gasteiger partial charge is 0.393 e. The smallest absolute Gasteiger partial charge is 0.0777 e. The summed E-state index contributed by atoms with van der Waals surface area (Å²) in [7, 11) is 0. The van der Waals surface area contributed by atoms with Crippen LogP contribution in [0.25, 0.3) is 0 Å². The van der Waals surface area contributed by atoms with Crippen LogP contribution >= 0.6 is 0 Å². The van der Waals surface area contributed by atoms with E-state index < -0.39 is 6.10 Å². The normalized spacial score (nSPS) is 28.2. The lowest BCUT2D eigenvalue weighted by molar-refractivity contribution is 0.0103. The first-order valence-corrected chi connectivity index (χ1v) is 6.18. The second-order valence-electron chi connectivity index (χ2n) is 4.58. The lowest BCUT2D eigenvalue weighted by atomic mass is 9.98. The van der Waals surface area contributed by atoms with E-state index in [1.807, 2.05) is 0 Å². The molecule has 0 saturated heterocycles. The van der Waals surface area contributed by atoms with E-state index >= 15 is 0 Å². The Morgan fingerprint density at radius 1 is 1.40 bits per heavy atom. The summed E-state index contributed by atoms with van der Waals surface area (Å²) in [6.45, 7) is 3.28. The Labute approximate surface area is 92.4 Å². The Bertz CT molecular complexity index is 161. The fraction of sp³-hybridized carbons (Fsp3) is 1.00. The molecule has 15 heavy (non-hydrogen) atoms. The SMILES string of the molecule is CCCCOCC(O)CC1CCCC1O. The van der Waals surface area contributed by atoms with Gasteiger partial charge in [0.25, 0.3) is 0 Å². The van der Waals surface area contributed by atoms with Gasteiger partial charge in [-0.3, -0.25) is 0 Å². The van der Waals surface area contributed by atoms with Gasteiger partial charge in [0, 0.05) is 6.61 Å². The highest BCUT2D eigenvalue weighted by Crippen LogP contribution is 2.29. The number of unbranched alkanes of at least 4 members (excludes halogenated alkanes) is 1. The van der Waals surface area contributed by atoms with E-state index in [1.165, 1.54) is 0 Å². The van der Waals surface area contributed by atoms with Crippen molar-refractivity contribution in [2.24, 2.45) is 5.92 Å². The molecule has 1 aliphatic rings. The van der Waals surface area contributed by atoms with Crippen LogP contribution in [0.2, 0.25) is 0 Å². The van der Waals surface area contributed by atoms with Crippen LogP contribution in [-0.4, -0.2) is 35.6 Å². The average molecular weight is 216 g/mol. The van der Waals surface area contributed by atoms with Crippen LogP contribution in [0.1, 0.15) is 45.4 Å². The van der Waals surface area contributed by atoms with Crippen molar-refractivity contribution >= 4 is 0 Å². The fourth-order valence-corrected chi connectivity index (χ4v) is 2.18. The van der Waals surface area contributed by atoms with Crippen molar-refractivity contribution in [3.05, 3.63) is 0 Å². The molecular weight excluding hydrogens is 192 g/mol. The zero-order valence-corrected chi connectivity index (χ0v) is 9.69. The maximum absolute atomic E-state index is 9.69. The summed E-state index contributed by atoms with van der Waals surface area (Å²) >= 11 is 0. The molecule has 3 atom stereocenters.